The molecule has 1 aliphatic rings. The van der Waals surface area contributed by atoms with Gasteiger partial charge in [-0.2, -0.15) is 0 Å². The van der Waals surface area contributed by atoms with Crippen molar-refractivity contribution < 1.29 is 14.6 Å². The molecule has 4 heteroatoms. The summed E-state index contributed by atoms with van der Waals surface area (Å²) < 4.78 is 5.67. The van der Waals surface area contributed by atoms with Crippen molar-refractivity contribution in [3.05, 3.63) is 59.2 Å². The molecule has 0 spiro atoms. The molecule has 0 fully saturated rings. The Labute approximate surface area is 110 Å². The summed E-state index contributed by atoms with van der Waals surface area (Å²) in [5.41, 5.74) is 2.48. The maximum absolute atomic E-state index is 11.2. The Bertz CT molecular complexity index is 677. The number of hydrogen-bond acceptors (Lipinski definition) is 3. The van der Waals surface area contributed by atoms with E-state index in [1.54, 1.807) is 18.3 Å². The van der Waals surface area contributed by atoms with Crippen LogP contribution in [0.25, 0.3) is 0 Å². The highest BCUT2D eigenvalue weighted by atomic mass is 16.5. The van der Waals surface area contributed by atoms with E-state index < -0.39 is 5.97 Å². The number of carboxylic acid groups (broad SMARTS) is 1. The van der Waals surface area contributed by atoms with E-state index in [9.17, 15) is 4.79 Å². The molecule has 0 atom stereocenters. The van der Waals surface area contributed by atoms with Crippen LogP contribution in [-0.4, -0.2) is 17.3 Å². The summed E-state index contributed by atoms with van der Waals surface area (Å²) in [5, 5.41) is 9.17. The molecule has 2 aromatic rings. The Morgan fingerprint density at radius 3 is 2.84 bits per heavy atom. The van der Waals surface area contributed by atoms with Gasteiger partial charge < -0.3 is 9.84 Å². The van der Waals surface area contributed by atoms with Gasteiger partial charge in [0.1, 0.15) is 18.0 Å². The third-order valence-corrected chi connectivity index (χ3v) is 3.00. The molecule has 1 N–H and O–H groups in total. The van der Waals surface area contributed by atoms with Gasteiger partial charge in [-0.1, -0.05) is 30.3 Å². The fourth-order valence-corrected chi connectivity index (χ4v) is 2.03. The van der Waals surface area contributed by atoms with Crippen LogP contribution in [0.1, 0.15) is 21.5 Å². The monoisotopic (exact) mass is 253 g/mol. The van der Waals surface area contributed by atoms with Crippen molar-refractivity contribution in [2.75, 3.05) is 0 Å². The predicted octanol–water partition coefficient (Wildman–Crippen LogP) is 3.03. The number of nitrogens with zero attached hydrogens (tertiary/aromatic N) is 1. The molecule has 3 rings (SSSR count). The maximum Gasteiger partial charge on any atom is 0.338 e. The number of hydrogen-bond donors (Lipinski definition) is 1. The molecule has 0 amide bonds. The number of benzene rings is 2. The maximum atomic E-state index is 11.2. The fourth-order valence-electron chi connectivity index (χ4n) is 2.03. The second-order valence-electron chi connectivity index (χ2n) is 4.20. The topological polar surface area (TPSA) is 58.9 Å². The van der Waals surface area contributed by atoms with Gasteiger partial charge in [-0.05, 0) is 23.3 Å². The van der Waals surface area contributed by atoms with Crippen molar-refractivity contribution in [2.24, 2.45) is 4.99 Å². The minimum Gasteiger partial charge on any atom is -0.487 e. The van der Waals surface area contributed by atoms with Crippen LogP contribution in [0.15, 0.2) is 47.5 Å². The van der Waals surface area contributed by atoms with Gasteiger partial charge in [-0.15, -0.1) is 0 Å². The zero-order valence-corrected chi connectivity index (χ0v) is 10.0. The number of aliphatic imine (C=N–C) groups is 1. The predicted molar refractivity (Wildman–Crippen MR) is 71.4 cm³/mol. The van der Waals surface area contributed by atoms with Crippen LogP contribution >= 0.6 is 0 Å². The molecule has 0 radical (unpaired) electrons. The van der Waals surface area contributed by atoms with Crippen molar-refractivity contribution in [1.82, 2.24) is 0 Å². The van der Waals surface area contributed by atoms with Crippen LogP contribution in [0.4, 0.5) is 5.69 Å². The van der Waals surface area contributed by atoms with Crippen molar-refractivity contribution in [1.29, 1.82) is 0 Å². The molecule has 1 aliphatic heterocycles. The van der Waals surface area contributed by atoms with E-state index in [-0.39, 0.29) is 5.56 Å². The van der Waals surface area contributed by atoms with E-state index in [0.29, 0.717) is 18.0 Å². The first kappa shape index (κ1) is 11.5. The summed E-state index contributed by atoms with van der Waals surface area (Å²) in [7, 11) is 0. The van der Waals surface area contributed by atoms with Crippen molar-refractivity contribution in [3.8, 4) is 5.75 Å². The van der Waals surface area contributed by atoms with Gasteiger partial charge in [-0.3, -0.25) is 4.99 Å². The van der Waals surface area contributed by atoms with Crippen LogP contribution in [-0.2, 0) is 6.61 Å². The molecule has 4 nitrogen and oxygen atoms in total. The summed E-state index contributed by atoms with van der Waals surface area (Å²) >= 11 is 0. The first-order chi connectivity index (χ1) is 9.25. The Kier molecular flexibility index (Phi) is 2.76. The van der Waals surface area contributed by atoms with Gasteiger partial charge in [0.15, 0.2) is 0 Å². The molecule has 19 heavy (non-hydrogen) atoms. The van der Waals surface area contributed by atoms with Gasteiger partial charge >= 0.3 is 5.97 Å². The molecule has 0 unspecified atom stereocenters. The van der Waals surface area contributed by atoms with Crippen molar-refractivity contribution in [3.63, 3.8) is 0 Å². The average molecular weight is 253 g/mol. The first-order valence-electron chi connectivity index (χ1n) is 5.87. The Hall–Kier alpha value is -2.62. The molecular formula is C15H11NO3. The normalized spacial score (nSPS) is 12.6. The molecule has 0 aliphatic carbocycles. The third-order valence-electron chi connectivity index (χ3n) is 3.00. The summed E-state index contributed by atoms with van der Waals surface area (Å²) in [4.78, 5) is 15.5. The van der Waals surface area contributed by atoms with Crippen LogP contribution in [0.5, 0.6) is 5.75 Å². The van der Waals surface area contributed by atoms with Crippen molar-refractivity contribution >= 4 is 17.9 Å². The van der Waals surface area contributed by atoms with Crippen LogP contribution in [0.3, 0.4) is 0 Å². The number of ether oxygens (including phenoxy) is 1. The molecule has 1 heterocycles. The molecule has 0 saturated heterocycles. The molecule has 0 bridgehead atoms. The molecule has 2 aromatic carbocycles. The number of carboxylic acids is 1. The lowest BCUT2D eigenvalue weighted by Crippen LogP contribution is -2.05. The number of para-hydroxylation sites is 1. The highest BCUT2D eigenvalue weighted by Gasteiger charge is 2.16. The van der Waals surface area contributed by atoms with Gasteiger partial charge in [0.05, 0.1) is 5.56 Å². The molecule has 0 saturated carbocycles. The van der Waals surface area contributed by atoms with E-state index in [0.717, 1.165) is 11.1 Å². The van der Waals surface area contributed by atoms with Gasteiger partial charge in [-0.25, -0.2) is 4.79 Å². The summed E-state index contributed by atoms with van der Waals surface area (Å²) in [6.07, 6.45) is 1.68. The van der Waals surface area contributed by atoms with Crippen LogP contribution in [0.2, 0.25) is 0 Å². The second kappa shape index (κ2) is 4.57. The average Bonchev–Trinajstić information content (AvgIpc) is 2.40. The Morgan fingerprint density at radius 1 is 1.16 bits per heavy atom. The zero-order chi connectivity index (χ0) is 13.2. The largest absolute Gasteiger partial charge is 0.487 e. The van der Waals surface area contributed by atoms with Gasteiger partial charge in [0.25, 0.3) is 0 Å². The van der Waals surface area contributed by atoms with E-state index in [1.165, 1.54) is 6.07 Å². The number of rotatable bonds is 1. The Morgan fingerprint density at radius 2 is 2.00 bits per heavy atom. The highest BCUT2D eigenvalue weighted by Crippen LogP contribution is 2.33. The smallest absolute Gasteiger partial charge is 0.338 e. The lowest BCUT2D eigenvalue weighted by atomic mass is 10.1. The van der Waals surface area contributed by atoms with E-state index >= 15 is 0 Å². The standard InChI is InChI=1S/C15H11NO3/c17-15(18)12-6-3-7-13-14(12)16-8-10-4-1-2-5-11(10)9-19-13/h1-8H,9H2,(H,17,18). The molecular weight excluding hydrogens is 242 g/mol. The van der Waals surface area contributed by atoms with Crippen LogP contribution in [0, 0.1) is 0 Å². The zero-order valence-electron chi connectivity index (χ0n) is 10.0. The second-order valence-corrected chi connectivity index (χ2v) is 4.20. The minimum atomic E-state index is -1.01. The van der Waals surface area contributed by atoms with E-state index in [2.05, 4.69) is 4.99 Å². The molecule has 94 valence electrons. The minimum absolute atomic E-state index is 0.146. The number of aromatic carboxylic acids is 1. The van der Waals surface area contributed by atoms with E-state index in [4.69, 9.17) is 9.84 Å². The SMILES string of the molecule is O=C(O)c1cccc2c1N=Cc1ccccc1CO2. The molecule has 0 aromatic heterocycles. The fraction of sp³-hybridized carbons (Fsp3) is 0.0667. The first-order valence-corrected chi connectivity index (χ1v) is 5.87. The van der Waals surface area contributed by atoms with Gasteiger partial charge in [0, 0.05) is 6.21 Å². The highest BCUT2D eigenvalue weighted by molar-refractivity contribution is 5.97. The quantitative estimate of drug-likeness (QED) is 0.849. The number of fused-ring (bicyclic) bond motifs is 2. The van der Waals surface area contributed by atoms with Gasteiger partial charge in [0.2, 0.25) is 0 Å². The van der Waals surface area contributed by atoms with Crippen LogP contribution < -0.4 is 4.74 Å². The van der Waals surface area contributed by atoms with E-state index in [1.807, 2.05) is 24.3 Å². The third kappa shape index (κ3) is 2.08. The lowest BCUT2D eigenvalue weighted by molar-refractivity contribution is 0.0697. The summed E-state index contributed by atoms with van der Waals surface area (Å²) in [6.45, 7) is 0.401. The summed E-state index contributed by atoms with van der Waals surface area (Å²) in [6, 6.07) is 12.7. The van der Waals surface area contributed by atoms with Crippen molar-refractivity contribution in [2.45, 2.75) is 6.61 Å². The Balaban J connectivity index is 2.15. The lowest BCUT2D eigenvalue weighted by Gasteiger charge is -2.14. The summed E-state index contributed by atoms with van der Waals surface area (Å²) in [5.74, 6) is -0.517. The number of carbonyl (C=O) groups is 1.